The summed E-state index contributed by atoms with van der Waals surface area (Å²) in [6.07, 6.45) is 87.2. The highest BCUT2D eigenvalue weighted by Gasteiger charge is 2.19. The van der Waals surface area contributed by atoms with E-state index in [1.807, 2.05) is 0 Å². The predicted molar refractivity (Wildman–Crippen MR) is 349 cm³/mol. The molecule has 6 heteroatoms. The van der Waals surface area contributed by atoms with E-state index in [1.54, 1.807) is 0 Å². The van der Waals surface area contributed by atoms with Gasteiger partial charge in [-0.3, -0.25) is 14.4 Å². The normalized spacial score (nSPS) is 12.3. The number of hydrogen-bond acceptors (Lipinski definition) is 6. The first-order chi connectivity index (χ1) is 39.5. The molecule has 0 aliphatic heterocycles. The molecule has 0 aromatic carbocycles. The molecule has 0 spiro atoms. The Bertz CT molecular complexity index is 1380. The molecule has 6 nitrogen and oxygen atoms in total. The smallest absolute Gasteiger partial charge is 0.306 e. The average molecular weight is 1120 g/mol. The molecule has 0 N–H and O–H groups in total. The number of allylic oxidation sites excluding steroid dienone is 8. The summed E-state index contributed by atoms with van der Waals surface area (Å²) in [4.78, 5) is 38.4. The molecule has 0 aromatic rings. The molecule has 0 radical (unpaired) electrons. The Labute approximate surface area is 498 Å². The van der Waals surface area contributed by atoms with Crippen molar-refractivity contribution in [2.24, 2.45) is 0 Å². The quantitative estimate of drug-likeness (QED) is 0.0261. The van der Waals surface area contributed by atoms with Crippen molar-refractivity contribution in [3.8, 4) is 0 Å². The zero-order valence-electron chi connectivity index (χ0n) is 53.9. The fourth-order valence-electron chi connectivity index (χ4n) is 10.6. The third-order valence-corrected chi connectivity index (χ3v) is 16.0. The van der Waals surface area contributed by atoms with Crippen molar-refractivity contribution in [2.75, 3.05) is 13.2 Å². The molecule has 0 heterocycles. The Kier molecular flexibility index (Phi) is 66.6. The number of hydrogen-bond donors (Lipinski definition) is 0. The van der Waals surface area contributed by atoms with Crippen molar-refractivity contribution >= 4 is 17.9 Å². The second-order valence-electron chi connectivity index (χ2n) is 24.1. The van der Waals surface area contributed by atoms with Gasteiger partial charge < -0.3 is 14.2 Å². The first-order valence-electron chi connectivity index (χ1n) is 35.6. The van der Waals surface area contributed by atoms with Crippen LogP contribution in [0.2, 0.25) is 0 Å². The van der Waals surface area contributed by atoms with Gasteiger partial charge >= 0.3 is 17.9 Å². The standard InChI is InChI=1S/C74H136O6/c1-4-7-10-13-16-19-22-25-28-30-31-32-33-34-35-36-37-38-39-40-41-42-43-45-46-49-52-55-58-61-64-67-73(76)79-70-71(69-78-72(75)66-63-60-57-54-51-48-27-24-21-18-15-12-9-6-3)80-74(77)68-65-62-59-56-53-50-47-44-29-26-23-20-17-14-11-8-5-2/h15,18,24,26-27,29-31,71H,4-14,16-17,19-23,25,28,32-70H2,1-3H3/b18-15-,27-24-,29-26-,31-30-. The lowest BCUT2D eigenvalue weighted by molar-refractivity contribution is -0.167. The Hall–Kier alpha value is -2.63. The summed E-state index contributed by atoms with van der Waals surface area (Å²) in [5, 5.41) is 0. The van der Waals surface area contributed by atoms with E-state index < -0.39 is 6.10 Å². The van der Waals surface area contributed by atoms with Crippen molar-refractivity contribution in [1.82, 2.24) is 0 Å². The molecule has 0 saturated carbocycles. The van der Waals surface area contributed by atoms with Crippen LogP contribution in [0.3, 0.4) is 0 Å². The van der Waals surface area contributed by atoms with E-state index in [4.69, 9.17) is 14.2 Å². The summed E-state index contributed by atoms with van der Waals surface area (Å²) in [6.45, 7) is 6.64. The monoisotopic (exact) mass is 1120 g/mol. The third-order valence-electron chi connectivity index (χ3n) is 16.0. The van der Waals surface area contributed by atoms with Crippen LogP contribution < -0.4 is 0 Å². The lowest BCUT2D eigenvalue weighted by Crippen LogP contribution is -2.30. The zero-order chi connectivity index (χ0) is 57.8. The fraction of sp³-hybridized carbons (Fsp3) is 0.851. The zero-order valence-corrected chi connectivity index (χ0v) is 53.9. The molecule has 0 aliphatic rings. The topological polar surface area (TPSA) is 78.9 Å². The maximum atomic E-state index is 12.9. The molecular formula is C74H136O6. The fourth-order valence-corrected chi connectivity index (χ4v) is 10.6. The predicted octanol–water partition coefficient (Wildman–Crippen LogP) is 24.5. The number of esters is 3. The van der Waals surface area contributed by atoms with Crippen LogP contribution in [-0.4, -0.2) is 37.2 Å². The Balaban J connectivity index is 4.17. The third kappa shape index (κ3) is 66.2. The molecule has 0 saturated heterocycles. The second kappa shape index (κ2) is 68.9. The van der Waals surface area contributed by atoms with Gasteiger partial charge in [-0.25, -0.2) is 0 Å². The molecule has 468 valence electrons. The molecule has 0 fully saturated rings. The number of ether oxygens (including phenoxy) is 3. The first kappa shape index (κ1) is 77.4. The van der Waals surface area contributed by atoms with Crippen LogP contribution in [-0.2, 0) is 28.6 Å². The van der Waals surface area contributed by atoms with Crippen molar-refractivity contribution < 1.29 is 28.6 Å². The van der Waals surface area contributed by atoms with Gasteiger partial charge in [0.25, 0.3) is 0 Å². The maximum Gasteiger partial charge on any atom is 0.306 e. The molecule has 1 unspecified atom stereocenters. The molecule has 1 atom stereocenters. The minimum atomic E-state index is -0.781. The van der Waals surface area contributed by atoms with Gasteiger partial charge in [0.05, 0.1) is 0 Å². The summed E-state index contributed by atoms with van der Waals surface area (Å²) < 4.78 is 17.0. The lowest BCUT2D eigenvalue weighted by Gasteiger charge is -2.18. The number of unbranched alkanes of at least 4 members (excludes halogenated alkanes) is 47. The molecule has 0 bridgehead atoms. The van der Waals surface area contributed by atoms with Crippen LogP contribution >= 0.6 is 0 Å². The van der Waals surface area contributed by atoms with E-state index in [9.17, 15) is 14.4 Å². The number of rotatable bonds is 66. The summed E-state index contributed by atoms with van der Waals surface area (Å²) in [6, 6.07) is 0. The van der Waals surface area contributed by atoms with Crippen molar-refractivity contribution in [3.63, 3.8) is 0 Å². The summed E-state index contributed by atoms with van der Waals surface area (Å²) in [5.74, 6) is -0.871. The van der Waals surface area contributed by atoms with Gasteiger partial charge in [-0.15, -0.1) is 0 Å². The van der Waals surface area contributed by atoms with Gasteiger partial charge in [-0.05, 0) is 96.3 Å². The molecule has 0 aromatic heterocycles. The highest BCUT2D eigenvalue weighted by molar-refractivity contribution is 5.71. The molecule has 0 amide bonds. The summed E-state index contributed by atoms with van der Waals surface area (Å²) in [5.41, 5.74) is 0. The molecular weight excluding hydrogens is 985 g/mol. The summed E-state index contributed by atoms with van der Waals surface area (Å²) >= 11 is 0. The Morgan fingerprint density at radius 3 is 0.738 bits per heavy atom. The molecule has 80 heavy (non-hydrogen) atoms. The Morgan fingerprint density at radius 2 is 0.463 bits per heavy atom. The highest BCUT2D eigenvalue weighted by atomic mass is 16.6. The molecule has 0 rings (SSSR count). The van der Waals surface area contributed by atoms with Crippen LogP contribution in [0.25, 0.3) is 0 Å². The van der Waals surface area contributed by atoms with Gasteiger partial charge in [-0.2, -0.15) is 0 Å². The number of carbonyl (C=O) groups excluding carboxylic acids is 3. The van der Waals surface area contributed by atoms with Gasteiger partial charge in [0.2, 0.25) is 0 Å². The van der Waals surface area contributed by atoms with E-state index in [1.165, 1.54) is 270 Å². The molecule has 0 aliphatic carbocycles. The lowest BCUT2D eigenvalue weighted by atomic mass is 10.0. The highest BCUT2D eigenvalue weighted by Crippen LogP contribution is 2.18. The summed E-state index contributed by atoms with van der Waals surface area (Å²) in [7, 11) is 0. The van der Waals surface area contributed by atoms with Crippen molar-refractivity contribution in [2.45, 2.75) is 393 Å². The van der Waals surface area contributed by atoms with Crippen LogP contribution in [0.1, 0.15) is 387 Å². The van der Waals surface area contributed by atoms with Gasteiger partial charge in [0, 0.05) is 19.3 Å². The second-order valence-corrected chi connectivity index (χ2v) is 24.1. The first-order valence-corrected chi connectivity index (χ1v) is 35.6. The van der Waals surface area contributed by atoms with Crippen LogP contribution in [0.15, 0.2) is 48.6 Å². The van der Waals surface area contributed by atoms with Crippen LogP contribution in [0.5, 0.6) is 0 Å². The van der Waals surface area contributed by atoms with Crippen molar-refractivity contribution in [1.29, 1.82) is 0 Å². The van der Waals surface area contributed by atoms with Gasteiger partial charge in [0.1, 0.15) is 13.2 Å². The van der Waals surface area contributed by atoms with Crippen molar-refractivity contribution in [3.05, 3.63) is 48.6 Å². The van der Waals surface area contributed by atoms with E-state index in [0.29, 0.717) is 19.3 Å². The van der Waals surface area contributed by atoms with Crippen LogP contribution in [0.4, 0.5) is 0 Å². The average Bonchev–Trinajstić information content (AvgIpc) is 3.46. The Morgan fingerprint density at radius 1 is 0.250 bits per heavy atom. The van der Waals surface area contributed by atoms with Gasteiger partial charge in [0.15, 0.2) is 6.10 Å². The SMILES string of the molecule is CCCC/C=C\C/C=C\CCCCCCCC(=O)OCC(COC(=O)CCCCCCCCCCCCCCCCCCCCC/C=C\CCCCCCCCCC)OC(=O)CCCCCCCCC/C=C\CCCCCCCC. The largest absolute Gasteiger partial charge is 0.462 e. The van der Waals surface area contributed by atoms with E-state index >= 15 is 0 Å². The van der Waals surface area contributed by atoms with Crippen LogP contribution in [0, 0.1) is 0 Å². The minimum absolute atomic E-state index is 0.0757. The van der Waals surface area contributed by atoms with Gasteiger partial charge in [-0.1, -0.05) is 320 Å². The maximum absolute atomic E-state index is 12.9. The minimum Gasteiger partial charge on any atom is -0.462 e. The van der Waals surface area contributed by atoms with E-state index in [-0.39, 0.29) is 31.1 Å². The van der Waals surface area contributed by atoms with E-state index in [2.05, 4.69) is 69.4 Å². The van der Waals surface area contributed by atoms with E-state index in [0.717, 1.165) is 77.0 Å². The number of carbonyl (C=O) groups is 3.